The molecule has 0 aliphatic carbocycles. The van der Waals surface area contributed by atoms with Gasteiger partial charge in [-0.05, 0) is 50.1 Å². The lowest BCUT2D eigenvalue weighted by atomic mass is 10.1. The van der Waals surface area contributed by atoms with Crippen molar-refractivity contribution < 1.29 is 9.72 Å². The number of nitro groups is 1. The maximum atomic E-state index is 11.7. The van der Waals surface area contributed by atoms with Crippen molar-refractivity contribution in [3.05, 3.63) is 28.4 Å². The molecule has 1 aromatic heterocycles. The fourth-order valence-electron chi connectivity index (χ4n) is 1.56. The molecular weight excluding hydrogens is 336 g/mol. The fraction of sp³-hybridized carbons (Fsp3) is 0.571. The van der Waals surface area contributed by atoms with Crippen molar-refractivity contribution in [2.24, 2.45) is 5.73 Å². The molecule has 0 aliphatic rings. The summed E-state index contributed by atoms with van der Waals surface area (Å²) in [5, 5.41) is 14.1. The molecule has 0 atom stereocenters. The van der Waals surface area contributed by atoms with Crippen molar-refractivity contribution >= 4 is 33.2 Å². The molecule has 0 radical (unpaired) electrons. The Morgan fingerprint density at radius 1 is 1.48 bits per heavy atom. The van der Waals surface area contributed by atoms with Gasteiger partial charge in [0.25, 0.3) is 5.69 Å². The van der Waals surface area contributed by atoms with Crippen LogP contribution in [0.15, 0.2) is 23.4 Å². The first-order valence-electron chi connectivity index (χ1n) is 7.27. The van der Waals surface area contributed by atoms with E-state index in [0.29, 0.717) is 24.5 Å². The van der Waals surface area contributed by atoms with E-state index in [2.05, 4.69) is 24.1 Å². The Bertz CT molecular complexity index is 523. The van der Waals surface area contributed by atoms with Gasteiger partial charge in [0.05, 0.1) is 4.92 Å². The second-order valence-corrected chi connectivity index (χ2v) is 8.39. The molecule has 0 bridgehead atoms. The Kier molecular flexibility index (Phi) is 8.35. The fourth-order valence-corrected chi connectivity index (χ4v) is 3.75. The maximum Gasteiger partial charge on any atom is 0.287 e. The van der Waals surface area contributed by atoms with E-state index in [1.165, 1.54) is 23.1 Å². The zero-order chi connectivity index (χ0) is 17.3. The lowest BCUT2D eigenvalue weighted by Gasteiger charge is -2.22. The van der Waals surface area contributed by atoms with Gasteiger partial charge in [-0.3, -0.25) is 14.9 Å². The minimum Gasteiger partial charge on any atom is -0.356 e. The minimum absolute atomic E-state index is 0.0206. The number of amides is 1. The van der Waals surface area contributed by atoms with Crippen LogP contribution in [0.4, 0.5) is 5.69 Å². The van der Waals surface area contributed by atoms with Crippen molar-refractivity contribution in [2.75, 3.05) is 13.1 Å². The van der Waals surface area contributed by atoms with E-state index < -0.39 is 4.92 Å². The SMILES string of the molecule is CC(C)(CCC(=O)NCCCN)SSc1ccc([N+](=O)[O-])cn1. The van der Waals surface area contributed by atoms with Gasteiger partial charge in [0.15, 0.2) is 0 Å². The molecule has 23 heavy (non-hydrogen) atoms. The summed E-state index contributed by atoms with van der Waals surface area (Å²) in [5.41, 5.74) is 5.36. The van der Waals surface area contributed by atoms with Crippen LogP contribution < -0.4 is 11.1 Å². The van der Waals surface area contributed by atoms with Gasteiger partial charge in [-0.2, -0.15) is 0 Å². The van der Waals surface area contributed by atoms with E-state index in [1.54, 1.807) is 16.9 Å². The van der Waals surface area contributed by atoms with E-state index >= 15 is 0 Å². The molecule has 1 heterocycles. The van der Waals surface area contributed by atoms with Gasteiger partial charge < -0.3 is 11.1 Å². The third-order valence-electron chi connectivity index (χ3n) is 2.94. The third-order valence-corrected chi connectivity index (χ3v) is 6.21. The van der Waals surface area contributed by atoms with Crippen LogP contribution in [-0.2, 0) is 4.79 Å². The average Bonchev–Trinajstić information content (AvgIpc) is 2.52. The Hall–Kier alpha value is -1.32. The van der Waals surface area contributed by atoms with E-state index in [9.17, 15) is 14.9 Å². The molecule has 0 fully saturated rings. The highest BCUT2D eigenvalue weighted by Crippen LogP contribution is 2.42. The lowest BCUT2D eigenvalue weighted by molar-refractivity contribution is -0.385. The summed E-state index contributed by atoms with van der Waals surface area (Å²) in [5.74, 6) is 0.0329. The van der Waals surface area contributed by atoms with Gasteiger partial charge in [0.2, 0.25) is 5.91 Å². The van der Waals surface area contributed by atoms with E-state index in [0.717, 1.165) is 12.8 Å². The summed E-state index contributed by atoms with van der Waals surface area (Å²) in [7, 11) is 3.06. The van der Waals surface area contributed by atoms with Crippen molar-refractivity contribution in [3.63, 3.8) is 0 Å². The van der Waals surface area contributed by atoms with Crippen LogP contribution in [-0.4, -0.2) is 33.7 Å². The Morgan fingerprint density at radius 2 is 2.22 bits per heavy atom. The van der Waals surface area contributed by atoms with E-state index in [4.69, 9.17) is 5.73 Å². The summed E-state index contributed by atoms with van der Waals surface area (Å²) in [4.78, 5) is 25.9. The number of nitrogens with two attached hydrogens (primary N) is 1. The first kappa shape index (κ1) is 19.7. The van der Waals surface area contributed by atoms with Crippen LogP contribution in [0.2, 0.25) is 0 Å². The average molecular weight is 358 g/mol. The molecule has 0 spiro atoms. The normalized spacial score (nSPS) is 11.3. The summed E-state index contributed by atoms with van der Waals surface area (Å²) < 4.78 is -0.112. The number of nitrogens with zero attached hydrogens (tertiary/aromatic N) is 2. The van der Waals surface area contributed by atoms with Gasteiger partial charge in [-0.1, -0.05) is 10.8 Å². The number of carbonyl (C=O) groups excluding carboxylic acids is 1. The summed E-state index contributed by atoms with van der Waals surface area (Å²) in [6, 6.07) is 3.07. The third kappa shape index (κ3) is 8.19. The van der Waals surface area contributed by atoms with Crippen molar-refractivity contribution in [1.29, 1.82) is 0 Å². The molecule has 9 heteroatoms. The Balaban J connectivity index is 2.36. The van der Waals surface area contributed by atoms with Crippen LogP contribution >= 0.6 is 21.6 Å². The molecule has 0 unspecified atom stereocenters. The van der Waals surface area contributed by atoms with Crippen LogP contribution in [0.3, 0.4) is 0 Å². The quantitative estimate of drug-likeness (QED) is 0.286. The van der Waals surface area contributed by atoms with Crippen molar-refractivity contribution in [1.82, 2.24) is 10.3 Å². The highest BCUT2D eigenvalue weighted by atomic mass is 33.1. The highest BCUT2D eigenvalue weighted by Gasteiger charge is 2.21. The predicted octanol–water partition coefficient (Wildman–Crippen LogP) is 2.75. The standard InChI is InChI=1S/C14H22N4O3S2/c1-14(2,7-6-12(19)16-9-3-8-15)23-22-13-5-4-11(10-17-13)18(20)21/h4-5,10H,3,6-9,15H2,1-2H3,(H,16,19). The number of aromatic nitrogens is 1. The van der Waals surface area contributed by atoms with Gasteiger partial charge in [0, 0.05) is 23.8 Å². The highest BCUT2D eigenvalue weighted by molar-refractivity contribution is 8.77. The van der Waals surface area contributed by atoms with Gasteiger partial charge in [0.1, 0.15) is 11.2 Å². The molecule has 1 amide bonds. The smallest absolute Gasteiger partial charge is 0.287 e. The van der Waals surface area contributed by atoms with Crippen molar-refractivity contribution in [3.8, 4) is 0 Å². The van der Waals surface area contributed by atoms with E-state index in [-0.39, 0.29) is 16.3 Å². The molecular formula is C14H22N4O3S2. The predicted molar refractivity (Wildman–Crippen MR) is 94.3 cm³/mol. The molecule has 0 saturated carbocycles. The minimum atomic E-state index is -0.470. The number of hydrogen-bond acceptors (Lipinski definition) is 7. The summed E-state index contributed by atoms with van der Waals surface area (Å²) in [6.45, 7) is 5.30. The van der Waals surface area contributed by atoms with Gasteiger partial charge in [-0.15, -0.1) is 0 Å². The monoisotopic (exact) mass is 358 g/mol. The zero-order valence-electron chi connectivity index (χ0n) is 13.3. The van der Waals surface area contributed by atoms with Crippen molar-refractivity contribution in [2.45, 2.75) is 42.9 Å². The molecule has 1 rings (SSSR count). The Morgan fingerprint density at radius 3 is 2.78 bits per heavy atom. The number of hydrogen-bond donors (Lipinski definition) is 2. The molecule has 128 valence electrons. The van der Waals surface area contributed by atoms with E-state index in [1.807, 2.05) is 0 Å². The summed E-state index contributed by atoms with van der Waals surface area (Å²) >= 11 is 0. The zero-order valence-corrected chi connectivity index (χ0v) is 14.9. The van der Waals surface area contributed by atoms with Gasteiger partial charge >= 0.3 is 0 Å². The Labute approximate surface area is 143 Å². The maximum absolute atomic E-state index is 11.7. The van der Waals surface area contributed by atoms with Gasteiger partial charge in [-0.25, -0.2) is 4.98 Å². The molecule has 0 aliphatic heterocycles. The molecule has 0 saturated heterocycles. The first-order valence-corrected chi connectivity index (χ1v) is 9.42. The lowest BCUT2D eigenvalue weighted by Crippen LogP contribution is -2.27. The summed E-state index contributed by atoms with van der Waals surface area (Å²) in [6.07, 6.45) is 3.22. The number of pyridine rings is 1. The molecule has 1 aromatic rings. The number of rotatable bonds is 10. The topological polar surface area (TPSA) is 111 Å². The van der Waals surface area contributed by atoms with Crippen LogP contribution in [0.1, 0.15) is 33.1 Å². The number of carbonyl (C=O) groups is 1. The molecule has 7 nitrogen and oxygen atoms in total. The molecule has 3 N–H and O–H groups in total. The number of nitrogens with one attached hydrogen (secondary N) is 1. The largest absolute Gasteiger partial charge is 0.356 e. The van der Waals surface area contributed by atoms with Crippen LogP contribution in [0, 0.1) is 10.1 Å². The second-order valence-electron chi connectivity index (χ2n) is 5.53. The molecule has 0 aromatic carbocycles. The van der Waals surface area contributed by atoms with Crippen LogP contribution in [0.25, 0.3) is 0 Å². The second kappa shape index (κ2) is 9.74. The first-order chi connectivity index (χ1) is 10.8. The van der Waals surface area contributed by atoms with Crippen LogP contribution in [0.5, 0.6) is 0 Å².